The number of amides is 2. The Bertz CT molecular complexity index is 953. The van der Waals surface area contributed by atoms with Crippen molar-refractivity contribution in [2.24, 2.45) is 0 Å². The van der Waals surface area contributed by atoms with Crippen molar-refractivity contribution in [3.8, 4) is 5.75 Å². The molecule has 150 valence electrons. The Balaban J connectivity index is 1.79. The summed E-state index contributed by atoms with van der Waals surface area (Å²) in [6, 6.07) is 11.5. The van der Waals surface area contributed by atoms with Crippen molar-refractivity contribution in [1.82, 2.24) is 0 Å². The molecule has 2 aromatic rings. The predicted molar refractivity (Wildman–Crippen MR) is 108 cm³/mol. The molecule has 0 saturated carbocycles. The van der Waals surface area contributed by atoms with Gasteiger partial charge in [-0.05, 0) is 55.3 Å². The van der Waals surface area contributed by atoms with E-state index in [1.54, 1.807) is 24.3 Å². The van der Waals surface area contributed by atoms with Gasteiger partial charge in [0.2, 0.25) is 11.8 Å². The molecule has 2 N–H and O–H groups in total. The van der Waals surface area contributed by atoms with Gasteiger partial charge in [0.1, 0.15) is 5.75 Å². The number of carbonyl (C=O) groups excluding carboxylic acids is 2. The Kier molecular flexibility index (Phi) is 7.17. The van der Waals surface area contributed by atoms with Gasteiger partial charge in [0.05, 0.1) is 11.5 Å². The third-order valence-corrected chi connectivity index (χ3v) is 5.03. The fourth-order valence-electron chi connectivity index (χ4n) is 2.45. The number of ether oxygens (including phenoxy) is 1. The van der Waals surface area contributed by atoms with Crippen molar-refractivity contribution in [3.63, 3.8) is 0 Å². The number of carbonyl (C=O) groups is 2. The lowest BCUT2D eigenvalue weighted by molar-refractivity contribution is -0.116. The number of hydrogen-bond donors (Lipinski definition) is 2. The van der Waals surface area contributed by atoms with Crippen molar-refractivity contribution in [3.05, 3.63) is 48.0 Å². The average molecular weight is 404 g/mol. The highest BCUT2D eigenvalue weighted by Gasteiger charge is 2.08. The maximum absolute atomic E-state index is 12.1. The molecule has 0 atom stereocenters. The molecule has 0 spiro atoms. The van der Waals surface area contributed by atoms with Gasteiger partial charge in [-0.25, -0.2) is 8.42 Å². The van der Waals surface area contributed by atoms with E-state index < -0.39 is 9.84 Å². The maximum atomic E-state index is 12.1. The van der Waals surface area contributed by atoms with Crippen LogP contribution in [-0.4, -0.2) is 33.1 Å². The Morgan fingerprint density at radius 3 is 2.32 bits per heavy atom. The van der Waals surface area contributed by atoms with E-state index >= 15 is 0 Å². The summed E-state index contributed by atoms with van der Waals surface area (Å²) in [7, 11) is -3.23. The normalized spacial score (nSPS) is 11.0. The summed E-state index contributed by atoms with van der Waals surface area (Å²) < 4.78 is 28.4. The Labute approximate surface area is 165 Å². The minimum Gasteiger partial charge on any atom is -0.494 e. The highest BCUT2D eigenvalue weighted by Crippen LogP contribution is 2.21. The first-order chi connectivity index (χ1) is 13.1. The van der Waals surface area contributed by atoms with Gasteiger partial charge in [0.25, 0.3) is 0 Å². The summed E-state index contributed by atoms with van der Waals surface area (Å²) >= 11 is 0. The predicted octanol–water partition coefficient (Wildman–Crippen LogP) is 3.15. The molecule has 0 bridgehead atoms. The van der Waals surface area contributed by atoms with Gasteiger partial charge in [0.15, 0.2) is 9.84 Å². The second kappa shape index (κ2) is 9.36. The number of hydrogen-bond acceptors (Lipinski definition) is 5. The van der Waals surface area contributed by atoms with Crippen LogP contribution in [0.2, 0.25) is 0 Å². The van der Waals surface area contributed by atoms with Crippen molar-refractivity contribution in [2.45, 2.75) is 31.6 Å². The van der Waals surface area contributed by atoms with Crippen LogP contribution in [-0.2, 0) is 19.4 Å². The second-order valence-electron chi connectivity index (χ2n) is 6.45. The molecule has 28 heavy (non-hydrogen) atoms. The molecular weight excluding hydrogens is 380 g/mol. The minimum absolute atomic E-state index is 0.159. The van der Waals surface area contributed by atoms with Crippen molar-refractivity contribution in [1.29, 1.82) is 0 Å². The molecule has 0 fully saturated rings. The number of nitrogens with one attached hydrogen (secondary N) is 2. The lowest BCUT2D eigenvalue weighted by Gasteiger charge is -2.11. The molecule has 0 saturated heterocycles. The number of aryl methyl sites for hydroxylation is 1. The highest BCUT2D eigenvalue weighted by molar-refractivity contribution is 7.90. The summed E-state index contributed by atoms with van der Waals surface area (Å²) in [5, 5.41) is 5.52. The maximum Gasteiger partial charge on any atom is 0.224 e. The van der Waals surface area contributed by atoms with Gasteiger partial charge in [-0.3, -0.25) is 9.59 Å². The molecule has 2 aromatic carbocycles. The van der Waals surface area contributed by atoms with Crippen LogP contribution < -0.4 is 15.4 Å². The summed E-state index contributed by atoms with van der Waals surface area (Å²) in [5.74, 6) is 0.216. The first-order valence-corrected chi connectivity index (χ1v) is 10.7. The molecule has 2 rings (SSSR count). The fourth-order valence-corrected chi connectivity index (χ4v) is 3.08. The van der Waals surface area contributed by atoms with Gasteiger partial charge in [0, 0.05) is 31.0 Å². The quantitative estimate of drug-likeness (QED) is 0.658. The zero-order valence-electron chi connectivity index (χ0n) is 16.1. The Hall–Kier alpha value is -2.87. The van der Waals surface area contributed by atoms with E-state index in [9.17, 15) is 18.0 Å². The van der Waals surface area contributed by atoms with E-state index in [1.165, 1.54) is 19.1 Å². The average Bonchev–Trinajstić information content (AvgIpc) is 2.61. The Morgan fingerprint density at radius 1 is 1.04 bits per heavy atom. The third kappa shape index (κ3) is 6.70. The second-order valence-corrected chi connectivity index (χ2v) is 8.47. The van der Waals surface area contributed by atoms with Crippen LogP contribution in [0.4, 0.5) is 11.4 Å². The lowest BCUT2D eigenvalue weighted by atomic mass is 10.1. The molecule has 0 unspecified atom stereocenters. The minimum atomic E-state index is -3.23. The molecule has 0 radical (unpaired) electrons. The molecule has 0 aromatic heterocycles. The van der Waals surface area contributed by atoms with E-state index in [4.69, 9.17) is 4.74 Å². The van der Waals surface area contributed by atoms with Crippen LogP contribution in [0.1, 0.15) is 25.3 Å². The van der Waals surface area contributed by atoms with Crippen molar-refractivity contribution < 1.29 is 22.7 Å². The van der Waals surface area contributed by atoms with E-state index in [-0.39, 0.29) is 23.1 Å². The van der Waals surface area contributed by atoms with Crippen LogP contribution >= 0.6 is 0 Å². The van der Waals surface area contributed by atoms with Crippen LogP contribution in [0, 0.1) is 6.92 Å². The monoisotopic (exact) mass is 404 g/mol. The van der Waals surface area contributed by atoms with Gasteiger partial charge < -0.3 is 15.4 Å². The van der Waals surface area contributed by atoms with E-state index in [0.29, 0.717) is 30.2 Å². The van der Waals surface area contributed by atoms with E-state index in [2.05, 4.69) is 10.6 Å². The van der Waals surface area contributed by atoms with Gasteiger partial charge in [-0.2, -0.15) is 0 Å². The first-order valence-electron chi connectivity index (χ1n) is 8.76. The van der Waals surface area contributed by atoms with Crippen molar-refractivity contribution in [2.75, 3.05) is 23.5 Å². The number of rotatable bonds is 8. The fraction of sp³-hybridized carbons (Fsp3) is 0.300. The highest BCUT2D eigenvalue weighted by atomic mass is 32.2. The third-order valence-electron chi connectivity index (χ3n) is 3.90. The van der Waals surface area contributed by atoms with Gasteiger partial charge in [-0.1, -0.05) is 6.07 Å². The number of sulfone groups is 1. The molecule has 2 amide bonds. The summed E-state index contributed by atoms with van der Waals surface area (Å²) in [5.41, 5.74) is 2.17. The topological polar surface area (TPSA) is 102 Å². The molecule has 8 heteroatoms. The molecule has 0 aliphatic carbocycles. The van der Waals surface area contributed by atoms with Crippen LogP contribution in [0.3, 0.4) is 0 Å². The van der Waals surface area contributed by atoms with E-state index in [1.807, 2.05) is 13.0 Å². The van der Waals surface area contributed by atoms with Crippen molar-refractivity contribution >= 4 is 33.0 Å². The smallest absolute Gasteiger partial charge is 0.224 e. The van der Waals surface area contributed by atoms with Crippen LogP contribution in [0.25, 0.3) is 0 Å². The first kappa shape index (κ1) is 21.4. The molecular formula is C20H24N2O5S. The van der Waals surface area contributed by atoms with Crippen LogP contribution in [0.5, 0.6) is 5.75 Å². The molecule has 0 aliphatic rings. The summed E-state index contributed by atoms with van der Waals surface area (Å²) in [6.07, 6.45) is 1.92. The summed E-state index contributed by atoms with van der Waals surface area (Å²) in [4.78, 5) is 23.5. The van der Waals surface area contributed by atoms with E-state index in [0.717, 1.165) is 11.8 Å². The zero-order chi connectivity index (χ0) is 20.7. The molecule has 7 nitrogen and oxygen atoms in total. The standard InChI is InChI=1S/C20H24N2O5S/c1-14-6-7-16(13-19(14)21-15(2)23)22-20(24)5-4-12-27-17-8-10-18(11-9-17)28(3,25)26/h6-11,13H,4-5,12H2,1-3H3,(H,21,23)(H,22,24). The van der Waals surface area contributed by atoms with Gasteiger partial charge in [-0.15, -0.1) is 0 Å². The van der Waals surface area contributed by atoms with Gasteiger partial charge >= 0.3 is 0 Å². The summed E-state index contributed by atoms with van der Waals surface area (Å²) in [6.45, 7) is 3.63. The zero-order valence-corrected chi connectivity index (χ0v) is 16.9. The number of anilines is 2. The largest absolute Gasteiger partial charge is 0.494 e. The Morgan fingerprint density at radius 2 is 1.71 bits per heavy atom. The lowest BCUT2D eigenvalue weighted by Crippen LogP contribution is -2.14. The number of benzene rings is 2. The SMILES string of the molecule is CC(=O)Nc1cc(NC(=O)CCCOc2ccc(S(C)(=O)=O)cc2)ccc1C. The molecule has 0 heterocycles. The van der Waals surface area contributed by atoms with Crippen LogP contribution in [0.15, 0.2) is 47.4 Å². The molecule has 0 aliphatic heterocycles.